The first-order valence-electron chi connectivity index (χ1n) is 8.17. The number of pyridine rings is 1. The molecule has 1 aliphatic heterocycles. The fraction of sp³-hybridized carbons (Fsp3) is 0.471. The second kappa shape index (κ2) is 6.28. The molecule has 1 aliphatic carbocycles. The van der Waals surface area contributed by atoms with E-state index >= 15 is 0 Å². The molecule has 1 fully saturated rings. The molecule has 4 rings (SSSR count). The van der Waals surface area contributed by atoms with Crippen LogP contribution in [0, 0.1) is 5.92 Å². The molecular formula is C17H20N4OS. The molecule has 0 spiro atoms. The van der Waals surface area contributed by atoms with Gasteiger partial charge in [0.25, 0.3) is 0 Å². The van der Waals surface area contributed by atoms with Crippen molar-refractivity contribution in [3.8, 4) is 0 Å². The van der Waals surface area contributed by atoms with Gasteiger partial charge in [-0.25, -0.2) is 9.97 Å². The second-order valence-corrected chi connectivity index (χ2v) is 7.10. The standard InChI is InChI=1S/C17H20N4OS/c22-17(13-4-5-14-15(11-13)23-12-19-14)21-9-7-20(8-10-21)16-3-1-2-6-18-16/h1-3,6,12-13H,4-5,7-11H2. The van der Waals surface area contributed by atoms with E-state index in [0.717, 1.165) is 51.3 Å². The van der Waals surface area contributed by atoms with Gasteiger partial charge in [0.2, 0.25) is 5.91 Å². The number of anilines is 1. The molecule has 0 bridgehead atoms. The Morgan fingerprint density at radius 2 is 2.04 bits per heavy atom. The smallest absolute Gasteiger partial charge is 0.226 e. The van der Waals surface area contributed by atoms with Gasteiger partial charge in [-0.15, -0.1) is 11.3 Å². The first kappa shape index (κ1) is 14.6. The normalized spacial score (nSPS) is 21.1. The minimum atomic E-state index is 0.143. The van der Waals surface area contributed by atoms with Gasteiger partial charge in [0, 0.05) is 43.2 Å². The van der Waals surface area contributed by atoms with E-state index in [4.69, 9.17) is 0 Å². The molecule has 1 atom stereocenters. The van der Waals surface area contributed by atoms with E-state index < -0.39 is 0 Å². The number of fused-ring (bicyclic) bond motifs is 1. The molecule has 0 N–H and O–H groups in total. The average molecular weight is 328 g/mol. The number of nitrogens with zero attached hydrogens (tertiary/aromatic N) is 4. The van der Waals surface area contributed by atoms with Crippen LogP contribution in [-0.2, 0) is 17.6 Å². The van der Waals surface area contributed by atoms with E-state index in [2.05, 4.69) is 14.9 Å². The summed E-state index contributed by atoms with van der Waals surface area (Å²) in [5.41, 5.74) is 3.11. The molecule has 0 saturated carbocycles. The van der Waals surface area contributed by atoms with Crippen LogP contribution in [0.15, 0.2) is 29.9 Å². The predicted molar refractivity (Wildman–Crippen MR) is 90.7 cm³/mol. The zero-order valence-electron chi connectivity index (χ0n) is 13.0. The molecule has 0 radical (unpaired) electrons. The van der Waals surface area contributed by atoms with Gasteiger partial charge in [0.05, 0.1) is 11.2 Å². The summed E-state index contributed by atoms with van der Waals surface area (Å²) in [4.78, 5) is 27.2. The molecule has 2 aromatic rings. The van der Waals surface area contributed by atoms with Crippen molar-refractivity contribution in [3.05, 3.63) is 40.5 Å². The average Bonchev–Trinajstić information content (AvgIpc) is 3.10. The molecular weight excluding hydrogens is 308 g/mol. The maximum Gasteiger partial charge on any atom is 0.226 e. The number of aryl methyl sites for hydroxylation is 1. The van der Waals surface area contributed by atoms with Crippen LogP contribution in [0.3, 0.4) is 0 Å². The van der Waals surface area contributed by atoms with Gasteiger partial charge in [-0.3, -0.25) is 4.79 Å². The molecule has 3 heterocycles. The second-order valence-electron chi connectivity index (χ2n) is 6.16. The van der Waals surface area contributed by atoms with Gasteiger partial charge in [-0.1, -0.05) is 6.07 Å². The van der Waals surface area contributed by atoms with Gasteiger partial charge in [0.15, 0.2) is 0 Å². The number of carbonyl (C=O) groups is 1. The van der Waals surface area contributed by atoms with Crippen LogP contribution in [0.25, 0.3) is 0 Å². The van der Waals surface area contributed by atoms with Crippen LogP contribution in [0.5, 0.6) is 0 Å². The monoisotopic (exact) mass is 328 g/mol. The third-order valence-electron chi connectivity index (χ3n) is 4.80. The Kier molecular flexibility index (Phi) is 3.99. The largest absolute Gasteiger partial charge is 0.353 e. The van der Waals surface area contributed by atoms with Gasteiger partial charge in [-0.2, -0.15) is 0 Å². The third-order valence-corrected chi connectivity index (χ3v) is 5.70. The summed E-state index contributed by atoms with van der Waals surface area (Å²) < 4.78 is 0. The van der Waals surface area contributed by atoms with Crippen LogP contribution >= 0.6 is 11.3 Å². The Balaban J connectivity index is 1.36. The molecule has 120 valence electrons. The Labute approximate surface area is 140 Å². The van der Waals surface area contributed by atoms with E-state index in [0.29, 0.717) is 5.91 Å². The molecule has 1 unspecified atom stereocenters. The van der Waals surface area contributed by atoms with Gasteiger partial charge >= 0.3 is 0 Å². The van der Waals surface area contributed by atoms with Crippen molar-refractivity contribution < 1.29 is 4.79 Å². The highest BCUT2D eigenvalue weighted by atomic mass is 32.1. The highest BCUT2D eigenvalue weighted by Crippen LogP contribution is 2.29. The van der Waals surface area contributed by atoms with E-state index in [1.807, 2.05) is 34.8 Å². The van der Waals surface area contributed by atoms with Crippen LogP contribution in [0.4, 0.5) is 5.82 Å². The maximum atomic E-state index is 12.8. The van der Waals surface area contributed by atoms with Gasteiger partial charge in [0.1, 0.15) is 5.82 Å². The highest BCUT2D eigenvalue weighted by molar-refractivity contribution is 7.09. The van der Waals surface area contributed by atoms with Crippen molar-refractivity contribution in [2.45, 2.75) is 19.3 Å². The number of hydrogen-bond acceptors (Lipinski definition) is 5. The summed E-state index contributed by atoms with van der Waals surface area (Å²) in [5.74, 6) is 1.47. The zero-order chi connectivity index (χ0) is 15.6. The molecule has 6 heteroatoms. The lowest BCUT2D eigenvalue weighted by Crippen LogP contribution is -2.51. The SMILES string of the molecule is O=C(C1CCc2ncsc2C1)N1CCN(c2ccccn2)CC1. The Bertz CT molecular complexity index is 679. The Morgan fingerprint density at radius 3 is 2.83 bits per heavy atom. The Morgan fingerprint density at radius 1 is 1.17 bits per heavy atom. The summed E-state index contributed by atoms with van der Waals surface area (Å²) in [7, 11) is 0. The van der Waals surface area contributed by atoms with Crippen molar-refractivity contribution >= 4 is 23.1 Å². The lowest BCUT2D eigenvalue weighted by Gasteiger charge is -2.37. The number of piperazine rings is 1. The summed E-state index contributed by atoms with van der Waals surface area (Å²) in [6.07, 6.45) is 4.58. The lowest BCUT2D eigenvalue weighted by atomic mass is 9.90. The molecule has 23 heavy (non-hydrogen) atoms. The lowest BCUT2D eigenvalue weighted by molar-refractivity contribution is -0.136. The molecule has 0 aromatic carbocycles. The zero-order valence-corrected chi connectivity index (χ0v) is 13.8. The Hall–Kier alpha value is -1.95. The number of rotatable bonds is 2. The van der Waals surface area contributed by atoms with Crippen molar-refractivity contribution in [1.82, 2.24) is 14.9 Å². The molecule has 1 amide bonds. The van der Waals surface area contributed by atoms with Crippen molar-refractivity contribution in [2.75, 3.05) is 31.1 Å². The summed E-state index contributed by atoms with van der Waals surface area (Å²) >= 11 is 1.69. The third kappa shape index (κ3) is 2.95. The predicted octanol–water partition coefficient (Wildman–Crippen LogP) is 1.99. The van der Waals surface area contributed by atoms with E-state index in [9.17, 15) is 4.79 Å². The number of amides is 1. The summed E-state index contributed by atoms with van der Waals surface area (Å²) in [6, 6.07) is 5.97. The van der Waals surface area contributed by atoms with Crippen molar-refractivity contribution in [2.24, 2.45) is 5.92 Å². The van der Waals surface area contributed by atoms with Crippen LogP contribution < -0.4 is 4.90 Å². The van der Waals surface area contributed by atoms with Crippen molar-refractivity contribution in [3.63, 3.8) is 0 Å². The minimum Gasteiger partial charge on any atom is -0.353 e. The van der Waals surface area contributed by atoms with E-state index in [1.165, 1.54) is 10.6 Å². The maximum absolute atomic E-state index is 12.8. The van der Waals surface area contributed by atoms with Gasteiger partial charge in [-0.05, 0) is 31.4 Å². The highest BCUT2D eigenvalue weighted by Gasteiger charge is 2.31. The number of carbonyl (C=O) groups excluding carboxylic acids is 1. The number of hydrogen-bond donors (Lipinski definition) is 0. The summed E-state index contributed by atoms with van der Waals surface area (Å²) in [5, 5.41) is 0. The minimum absolute atomic E-state index is 0.143. The van der Waals surface area contributed by atoms with Crippen LogP contribution in [-0.4, -0.2) is 47.0 Å². The van der Waals surface area contributed by atoms with E-state index in [1.54, 1.807) is 11.3 Å². The summed E-state index contributed by atoms with van der Waals surface area (Å²) in [6.45, 7) is 3.31. The fourth-order valence-corrected chi connectivity index (χ4v) is 4.36. The van der Waals surface area contributed by atoms with Crippen LogP contribution in [0.2, 0.25) is 0 Å². The first-order chi connectivity index (χ1) is 11.3. The fourth-order valence-electron chi connectivity index (χ4n) is 3.47. The van der Waals surface area contributed by atoms with Crippen LogP contribution in [0.1, 0.15) is 17.0 Å². The van der Waals surface area contributed by atoms with Crippen molar-refractivity contribution in [1.29, 1.82) is 0 Å². The molecule has 5 nitrogen and oxygen atoms in total. The molecule has 1 saturated heterocycles. The number of thiazole rings is 1. The van der Waals surface area contributed by atoms with Gasteiger partial charge < -0.3 is 9.80 Å². The molecule has 2 aliphatic rings. The first-order valence-corrected chi connectivity index (χ1v) is 9.05. The quantitative estimate of drug-likeness (QED) is 0.846. The topological polar surface area (TPSA) is 49.3 Å². The number of aromatic nitrogens is 2. The van der Waals surface area contributed by atoms with E-state index in [-0.39, 0.29) is 5.92 Å². The molecule has 2 aromatic heterocycles.